The number of phenols is 1. The van der Waals surface area contributed by atoms with Crippen LogP contribution in [0.2, 0.25) is 0 Å². The molecule has 1 unspecified atom stereocenters. The van der Waals surface area contributed by atoms with Gasteiger partial charge < -0.3 is 31.1 Å². The van der Waals surface area contributed by atoms with Crippen LogP contribution in [0.15, 0.2) is 18.2 Å². The summed E-state index contributed by atoms with van der Waals surface area (Å²) in [5.41, 5.74) is 1.27. The molecular weight excluding hydrogens is 332 g/mol. The molecule has 9 nitrogen and oxygen atoms in total. The molecule has 0 aromatic heterocycles. The maximum atomic E-state index is 10.7. The first-order valence-corrected chi connectivity index (χ1v) is 7.68. The molecule has 25 heavy (non-hydrogen) atoms. The van der Waals surface area contributed by atoms with Gasteiger partial charge in [-0.2, -0.15) is 0 Å². The number of nitrogens with one attached hydrogen (secondary N) is 2. The Balaban J connectivity index is 2.78. The second kappa shape index (κ2) is 10.3. The zero-order valence-corrected chi connectivity index (χ0v) is 13.6. The Morgan fingerprint density at radius 3 is 2.28 bits per heavy atom. The standard InChI is InChI=1S/C16H22N2O7/c19-13-3-1-10(2-4-14(20)21)5-11(13)6-12(18-9-16(24)25)7-17-8-15(22)23/h1,3,5,12,17-19H,2,4,6-9H2,(H,20,21)(H,22,23)(H,24,25). The van der Waals surface area contributed by atoms with Gasteiger partial charge in [0.25, 0.3) is 0 Å². The molecule has 0 aliphatic carbocycles. The molecule has 0 heterocycles. The molecule has 0 saturated heterocycles. The number of carboxylic acid groups (broad SMARTS) is 3. The lowest BCUT2D eigenvalue weighted by molar-refractivity contribution is -0.137. The first kappa shape index (κ1) is 20.4. The van der Waals surface area contributed by atoms with Crippen molar-refractivity contribution >= 4 is 17.9 Å². The van der Waals surface area contributed by atoms with Crippen LogP contribution in [0.4, 0.5) is 0 Å². The minimum Gasteiger partial charge on any atom is -0.508 e. The van der Waals surface area contributed by atoms with Crippen molar-refractivity contribution in [3.05, 3.63) is 29.3 Å². The molecule has 0 bridgehead atoms. The normalized spacial score (nSPS) is 11.8. The maximum Gasteiger partial charge on any atom is 0.317 e. The van der Waals surface area contributed by atoms with Crippen molar-refractivity contribution in [1.82, 2.24) is 10.6 Å². The van der Waals surface area contributed by atoms with Gasteiger partial charge in [0.15, 0.2) is 0 Å². The fourth-order valence-electron chi connectivity index (χ4n) is 2.28. The Bertz CT molecular complexity index is 619. The third-order valence-corrected chi connectivity index (χ3v) is 3.45. The number of rotatable bonds is 12. The zero-order valence-electron chi connectivity index (χ0n) is 13.6. The van der Waals surface area contributed by atoms with E-state index >= 15 is 0 Å². The summed E-state index contributed by atoms with van der Waals surface area (Å²) in [5.74, 6) is -2.99. The minimum atomic E-state index is -1.05. The van der Waals surface area contributed by atoms with E-state index in [9.17, 15) is 19.5 Å². The SMILES string of the molecule is O=C(O)CCc1ccc(O)c(CC(CNCC(=O)O)NCC(=O)O)c1. The van der Waals surface area contributed by atoms with Crippen LogP contribution >= 0.6 is 0 Å². The fourth-order valence-corrected chi connectivity index (χ4v) is 2.28. The Kier molecular flexibility index (Phi) is 8.37. The molecule has 0 spiro atoms. The Labute approximate surface area is 144 Å². The zero-order chi connectivity index (χ0) is 18.8. The third-order valence-electron chi connectivity index (χ3n) is 3.45. The van der Waals surface area contributed by atoms with Crippen molar-refractivity contribution < 1.29 is 34.8 Å². The van der Waals surface area contributed by atoms with Gasteiger partial charge in [0.05, 0.1) is 13.1 Å². The van der Waals surface area contributed by atoms with Crippen LogP contribution in [0.3, 0.4) is 0 Å². The van der Waals surface area contributed by atoms with Gasteiger partial charge in [-0.05, 0) is 30.0 Å². The topological polar surface area (TPSA) is 156 Å². The monoisotopic (exact) mass is 354 g/mol. The number of aliphatic carboxylic acids is 3. The first-order chi connectivity index (χ1) is 11.8. The molecule has 1 aromatic carbocycles. The van der Waals surface area contributed by atoms with E-state index in [2.05, 4.69) is 10.6 Å². The molecule has 1 aromatic rings. The van der Waals surface area contributed by atoms with E-state index in [4.69, 9.17) is 15.3 Å². The van der Waals surface area contributed by atoms with E-state index in [0.717, 1.165) is 5.56 Å². The molecule has 0 aliphatic heterocycles. The molecule has 138 valence electrons. The van der Waals surface area contributed by atoms with Crippen molar-refractivity contribution in [3.8, 4) is 5.75 Å². The van der Waals surface area contributed by atoms with Gasteiger partial charge in [0.1, 0.15) is 5.75 Å². The van der Waals surface area contributed by atoms with Crippen LogP contribution in [0.1, 0.15) is 17.5 Å². The number of carbonyl (C=O) groups is 3. The summed E-state index contributed by atoms with van der Waals surface area (Å²) in [7, 11) is 0. The van der Waals surface area contributed by atoms with Gasteiger partial charge in [-0.1, -0.05) is 12.1 Å². The number of aryl methyl sites for hydroxylation is 1. The van der Waals surface area contributed by atoms with Crippen molar-refractivity contribution in [2.45, 2.75) is 25.3 Å². The molecule has 0 saturated carbocycles. The number of hydrogen-bond donors (Lipinski definition) is 6. The van der Waals surface area contributed by atoms with E-state index in [-0.39, 0.29) is 38.2 Å². The van der Waals surface area contributed by atoms with Gasteiger partial charge in [-0.25, -0.2) is 0 Å². The summed E-state index contributed by atoms with van der Waals surface area (Å²) in [4.78, 5) is 31.9. The van der Waals surface area contributed by atoms with Gasteiger partial charge in [0, 0.05) is 19.0 Å². The minimum absolute atomic E-state index is 0.0134. The summed E-state index contributed by atoms with van der Waals surface area (Å²) in [6.07, 6.45) is 0.533. The van der Waals surface area contributed by atoms with E-state index in [1.54, 1.807) is 12.1 Å². The molecule has 9 heteroatoms. The summed E-state index contributed by atoms with van der Waals surface area (Å²) >= 11 is 0. The van der Waals surface area contributed by atoms with E-state index < -0.39 is 23.9 Å². The van der Waals surface area contributed by atoms with Crippen LogP contribution in [-0.4, -0.2) is 64.0 Å². The van der Waals surface area contributed by atoms with Crippen LogP contribution in [0, 0.1) is 0 Å². The second-order valence-electron chi connectivity index (χ2n) is 5.56. The Morgan fingerprint density at radius 2 is 1.68 bits per heavy atom. The lowest BCUT2D eigenvalue weighted by Gasteiger charge is -2.19. The summed E-state index contributed by atoms with van der Waals surface area (Å²) in [6, 6.07) is 4.34. The summed E-state index contributed by atoms with van der Waals surface area (Å²) < 4.78 is 0. The quantitative estimate of drug-likeness (QED) is 0.296. The van der Waals surface area contributed by atoms with Crippen LogP contribution in [0.25, 0.3) is 0 Å². The van der Waals surface area contributed by atoms with Crippen molar-refractivity contribution in [2.75, 3.05) is 19.6 Å². The molecule has 1 atom stereocenters. The average Bonchev–Trinajstić information content (AvgIpc) is 2.52. The molecular formula is C16H22N2O7. The highest BCUT2D eigenvalue weighted by molar-refractivity contribution is 5.69. The molecule has 1 rings (SSSR count). The number of aromatic hydroxyl groups is 1. The van der Waals surface area contributed by atoms with Crippen molar-refractivity contribution in [3.63, 3.8) is 0 Å². The van der Waals surface area contributed by atoms with E-state index in [0.29, 0.717) is 12.0 Å². The number of hydrogen-bond acceptors (Lipinski definition) is 6. The van der Waals surface area contributed by atoms with E-state index in [1.165, 1.54) is 6.07 Å². The van der Waals surface area contributed by atoms with E-state index in [1.807, 2.05) is 0 Å². The van der Waals surface area contributed by atoms with Crippen molar-refractivity contribution in [2.24, 2.45) is 0 Å². The highest BCUT2D eigenvalue weighted by Crippen LogP contribution is 2.21. The molecule has 0 fully saturated rings. The fraction of sp³-hybridized carbons (Fsp3) is 0.438. The summed E-state index contributed by atoms with van der Waals surface area (Å²) in [5, 5.41) is 41.6. The largest absolute Gasteiger partial charge is 0.508 e. The lowest BCUT2D eigenvalue weighted by Crippen LogP contribution is -2.43. The Hall–Kier alpha value is -2.65. The second-order valence-corrected chi connectivity index (χ2v) is 5.56. The lowest BCUT2D eigenvalue weighted by atomic mass is 10.00. The van der Waals surface area contributed by atoms with Gasteiger partial charge in [0.2, 0.25) is 0 Å². The average molecular weight is 354 g/mol. The maximum absolute atomic E-state index is 10.7. The third kappa shape index (κ3) is 8.68. The van der Waals surface area contributed by atoms with Crippen LogP contribution < -0.4 is 10.6 Å². The predicted molar refractivity (Wildman–Crippen MR) is 87.7 cm³/mol. The molecule has 0 radical (unpaired) electrons. The number of carboxylic acids is 3. The number of phenolic OH excluding ortho intramolecular Hbond substituents is 1. The van der Waals surface area contributed by atoms with Gasteiger partial charge in [-0.15, -0.1) is 0 Å². The van der Waals surface area contributed by atoms with Gasteiger partial charge in [-0.3, -0.25) is 14.4 Å². The Morgan fingerprint density at radius 1 is 1.00 bits per heavy atom. The molecule has 0 amide bonds. The van der Waals surface area contributed by atoms with Crippen molar-refractivity contribution in [1.29, 1.82) is 0 Å². The first-order valence-electron chi connectivity index (χ1n) is 7.68. The summed E-state index contributed by atoms with van der Waals surface area (Å²) in [6.45, 7) is -0.382. The number of benzene rings is 1. The van der Waals surface area contributed by atoms with Crippen LogP contribution in [-0.2, 0) is 27.2 Å². The van der Waals surface area contributed by atoms with Gasteiger partial charge >= 0.3 is 17.9 Å². The van der Waals surface area contributed by atoms with Crippen LogP contribution in [0.5, 0.6) is 5.75 Å². The smallest absolute Gasteiger partial charge is 0.317 e. The predicted octanol–water partition coefficient (Wildman–Crippen LogP) is -0.331. The highest BCUT2D eigenvalue weighted by atomic mass is 16.4. The molecule has 0 aliphatic rings. The highest BCUT2D eigenvalue weighted by Gasteiger charge is 2.14. The molecule has 6 N–H and O–H groups in total.